The fourth-order valence-electron chi connectivity index (χ4n) is 3.94. The summed E-state index contributed by atoms with van der Waals surface area (Å²) in [6.07, 6.45) is 0.766. The molecule has 0 unspecified atom stereocenters. The molecular formula is C25H31N3O5S. The lowest BCUT2D eigenvalue weighted by Gasteiger charge is -2.29. The molecule has 1 N–H and O–H groups in total. The third-order valence-corrected chi connectivity index (χ3v) is 7.59. The zero-order chi connectivity index (χ0) is 24.9. The van der Waals surface area contributed by atoms with Crippen LogP contribution in [0.4, 0.5) is 0 Å². The normalized spacial score (nSPS) is 15.2. The van der Waals surface area contributed by atoms with Crippen molar-refractivity contribution in [3.63, 3.8) is 0 Å². The minimum atomic E-state index is -3.91. The summed E-state index contributed by atoms with van der Waals surface area (Å²) in [5, 5.41) is 2.84. The van der Waals surface area contributed by atoms with E-state index in [1.54, 1.807) is 19.1 Å². The Morgan fingerprint density at radius 2 is 1.65 bits per heavy atom. The van der Waals surface area contributed by atoms with Crippen LogP contribution >= 0.6 is 0 Å². The van der Waals surface area contributed by atoms with Crippen molar-refractivity contribution in [3.05, 3.63) is 65.7 Å². The lowest BCUT2D eigenvalue weighted by molar-refractivity contribution is -0.140. The van der Waals surface area contributed by atoms with E-state index in [2.05, 4.69) is 5.32 Å². The van der Waals surface area contributed by atoms with Crippen molar-refractivity contribution in [2.75, 3.05) is 13.1 Å². The van der Waals surface area contributed by atoms with Crippen molar-refractivity contribution in [2.45, 2.75) is 57.0 Å². The summed E-state index contributed by atoms with van der Waals surface area (Å²) < 4.78 is 26.3. The summed E-state index contributed by atoms with van der Waals surface area (Å²) in [5.41, 5.74) is 1.19. The standard InChI is InChI=1S/C25H31N3O5S/c1-18(2)26-24(30)19(3)27(17-15-20-10-5-4-6-11-20)23(29)14-9-16-28-25(31)21-12-7-8-13-22(21)34(28,32)33/h4-8,10-13,18-19H,9,14-17H2,1-3H3,(H,26,30)/t19-/m1/s1. The first-order valence-corrected chi connectivity index (χ1v) is 12.9. The van der Waals surface area contributed by atoms with E-state index in [0.29, 0.717) is 13.0 Å². The monoisotopic (exact) mass is 485 g/mol. The van der Waals surface area contributed by atoms with Crippen LogP contribution in [-0.2, 0) is 26.0 Å². The van der Waals surface area contributed by atoms with Gasteiger partial charge in [0.2, 0.25) is 11.8 Å². The second-order valence-corrected chi connectivity index (χ2v) is 10.5. The highest BCUT2D eigenvalue weighted by Crippen LogP contribution is 2.30. The van der Waals surface area contributed by atoms with Crippen LogP contribution in [0.5, 0.6) is 0 Å². The first-order valence-electron chi connectivity index (χ1n) is 11.4. The van der Waals surface area contributed by atoms with E-state index in [-0.39, 0.29) is 47.7 Å². The molecule has 0 fully saturated rings. The Labute approximate surface area is 201 Å². The van der Waals surface area contributed by atoms with Crippen LogP contribution in [0.15, 0.2) is 59.5 Å². The second kappa shape index (κ2) is 10.8. The summed E-state index contributed by atoms with van der Waals surface area (Å²) >= 11 is 0. The molecule has 2 aromatic rings. The summed E-state index contributed by atoms with van der Waals surface area (Å²) in [6, 6.07) is 15.0. The lowest BCUT2D eigenvalue weighted by Crippen LogP contribution is -2.50. The third-order valence-electron chi connectivity index (χ3n) is 5.75. The molecule has 2 aromatic carbocycles. The first kappa shape index (κ1) is 25.4. The quantitative estimate of drug-likeness (QED) is 0.557. The van der Waals surface area contributed by atoms with Crippen LogP contribution in [0.1, 0.15) is 49.5 Å². The number of hydrogen-bond donors (Lipinski definition) is 1. The van der Waals surface area contributed by atoms with Crippen molar-refractivity contribution >= 4 is 27.7 Å². The van der Waals surface area contributed by atoms with Gasteiger partial charge in [-0.1, -0.05) is 42.5 Å². The number of nitrogens with one attached hydrogen (secondary N) is 1. The van der Waals surface area contributed by atoms with Gasteiger partial charge in [0.1, 0.15) is 10.9 Å². The van der Waals surface area contributed by atoms with Gasteiger partial charge < -0.3 is 10.2 Å². The topological polar surface area (TPSA) is 104 Å². The van der Waals surface area contributed by atoms with Crippen molar-refractivity contribution in [1.82, 2.24) is 14.5 Å². The lowest BCUT2D eigenvalue weighted by atomic mass is 10.1. The molecular weight excluding hydrogens is 454 g/mol. The van der Waals surface area contributed by atoms with Gasteiger partial charge in [-0.2, -0.15) is 0 Å². The predicted molar refractivity (Wildman–Crippen MR) is 128 cm³/mol. The maximum Gasteiger partial charge on any atom is 0.269 e. The van der Waals surface area contributed by atoms with Crippen molar-refractivity contribution in [3.8, 4) is 0 Å². The molecule has 0 saturated carbocycles. The molecule has 1 aliphatic heterocycles. The Balaban J connectivity index is 1.66. The fourth-order valence-corrected chi connectivity index (χ4v) is 5.55. The SMILES string of the molecule is CC(C)NC(=O)[C@@H](C)N(CCc1ccccc1)C(=O)CCCN1C(=O)c2ccccc2S1(=O)=O. The highest BCUT2D eigenvalue weighted by molar-refractivity contribution is 7.90. The van der Waals surface area contributed by atoms with E-state index in [1.807, 2.05) is 44.2 Å². The molecule has 34 heavy (non-hydrogen) atoms. The molecule has 0 radical (unpaired) electrons. The molecule has 0 bridgehead atoms. The Kier molecular flexibility index (Phi) is 8.09. The molecule has 0 aromatic heterocycles. The summed E-state index contributed by atoms with van der Waals surface area (Å²) in [7, 11) is -3.91. The molecule has 1 heterocycles. The predicted octanol–water partition coefficient (Wildman–Crippen LogP) is 2.60. The average Bonchev–Trinajstić information content (AvgIpc) is 3.00. The van der Waals surface area contributed by atoms with Gasteiger partial charge in [0.15, 0.2) is 0 Å². The average molecular weight is 486 g/mol. The zero-order valence-corrected chi connectivity index (χ0v) is 20.5. The first-order chi connectivity index (χ1) is 16.1. The number of rotatable bonds is 10. The maximum atomic E-state index is 13.1. The van der Waals surface area contributed by atoms with Gasteiger partial charge in [-0.15, -0.1) is 0 Å². The Hall–Kier alpha value is -3.20. The minimum Gasteiger partial charge on any atom is -0.352 e. The Morgan fingerprint density at radius 3 is 2.29 bits per heavy atom. The minimum absolute atomic E-state index is 0.00482. The van der Waals surface area contributed by atoms with Gasteiger partial charge in [-0.3, -0.25) is 14.4 Å². The van der Waals surface area contributed by atoms with Crippen molar-refractivity contribution < 1.29 is 22.8 Å². The summed E-state index contributed by atoms with van der Waals surface area (Å²) in [4.78, 5) is 39.8. The number of amides is 3. The molecule has 1 aliphatic rings. The van der Waals surface area contributed by atoms with Gasteiger partial charge in [0, 0.05) is 25.6 Å². The zero-order valence-electron chi connectivity index (χ0n) is 19.7. The molecule has 9 heteroatoms. The molecule has 3 rings (SSSR count). The number of carbonyl (C=O) groups excluding carboxylic acids is 3. The molecule has 0 saturated heterocycles. The van der Waals surface area contributed by atoms with Gasteiger partial charge in [0.25, 0.3) is 15.9 Å². The smallest absolute Gasteiger partial charge is 0.269 e. The van der Waals surface area contributed by atoms with Crippen LogP contribution in [0, 0.1) is 0 Å². The molecule has 0 aliphatic carbocycles. The van der Waals surface area contributed by atoms with Crippen molar-refractivity contribution in [1.29, 1.82) is 0 Å². The van der Waals surface area contributed by atoms with E-state index in [0.717, 1.165) is 9.87 Å². The maximum absolute atomic E-state index is 13.1. The Bertz CT molecular complexity index is 1150. The van der Waals surface area contributed by atoms with E-state index < -0.39 is 22.0 Å². The molecule has 0 spiro atoms. The van der Waals surface area contributed by atoms with E-state index in [4.69, 9.17) is 0 Å². The van der Waals surface area contributed by atoms with Gasteiger partial charge >= 0.3 is 0 Å². The fraction of sp³-hybridized carbons (Fsp3) is 0.400. The second-order valence-electron chi connectivity index (χ2n) is 8.64. The molecule has 182 valence electrons. The molecule has 8 nitrogen and oxygen atoms in total. The van der Waals surface area contributed by atoms with Crippen LogP contribution in [-0.4, -0.2) is 60.5 Å². The van der Waals surface area contributed by atoms with Gasteiger partial charge in [-0.25, -0.2) is 12.7 Å². The van der Waals surface area contributed by atoms with Crippen molar-refractivity contribution in [2.24, 2.45) is 0 Å². The summed E-state index contributed by atoms with van der Waals surface area (Å²) in [6.45, 7) is 5.65. The number of benzene rings is 2. The molecule has 3 amide bonds. The van der Waals surface area contributed by atoms with E-state index in [1.165, 1.54) is 17.0 Å². The van der Waals surface area contributed by atoms with Crippen LogP contribution < -0.4 is 5.32 Å². The molecule has 1 atom stereocenters. The number of nitrogens with zero attached hydrogens (tertiary/aromatic N) is 2. The van der Waals surface area contributed by atoms with Crippen LogP contribution in [0.3, 0.4) is 0 Å². The largest absolute Gasteiger partial charge is 0.352 e. The number of sulfonamides is 1. The number of fused-ring (bicyclic) bond motifs is 1. The number of carbonyl (C=O) groups is 3. The highest BCUT2D eigenvalue weighted by Gasteiger charge is 2.40. The summed E-state index contributed by atoms with van der Waals surface area (Å²) in [5.74, 6) is -1.08. The third kappa shape index (κ3) is 5.64. The van der Waals surface area contributed by atoms with E-state index >= 15 is 0 Å². The van der Waals surface area contributed by atoms with Gasteiger partial charge in [-0.05, 0) is 51.3 Å². The van der Waals surface area contributed by atoms with E-state index in [9.17, 15) is 22.8 Å². The van der Waals surface area contributed by atoms with Crippen LogP contribution in [0.25, 0.3) is 0 Å². The highest BCUT2D eigenvalue weighted by atomic mass is 32.2. The number of hydrogen-bond acceptors (Lipinski definition) is 5. The Morgan fingerprint density at radius 1 is 1.00 bits per heavy atom. The van der Waals surface area contributed by atoms with Gasteiger partial charge in [0.05, 0.1) is 5.56 Å². The van der Waals surface area contributed by atoms with Crippen LogP contribution in [0.2, 0.25) is 0 Å².